The number of ether oxygens (including phenoxy) is 2. The van der Waals surface area contributed by atoms with Gasteiger partial charge in [-0.15, -0.1) is 0 Å². The Morgan fingerprint density at radius 1 is 1.53 bits per heavy atom. The number of nitrogens with one attached hydrogen (secondary N) is 1. The first-order valence-electron chi connectivity index (χ1n) is 5.99. The summed E-state index contributed by atoms with van der Waals surface area (Å²) in [5, 5.41) is 4.03. The molecule has 0 aliphatic carbocycles. The Morgan fingerprint density at radius 3 is 3.00 bits per heavy atom. The molecule has 0 spiro atoms. The number of hydrogen-bond acceptors (Lipinski definition) is 3. The van der Waals surface area contributed by atoms with Crippen LogP contribution in [0.15, 0.2) is 18.2 Å². The third kappa shape index (κ3) is 2.92. The van der Waals surface area contributed by atoms with Gasteiger partial charge in [-0.1, -0.05) is 17.7 Å². The van der Waals surface area contributed by atoms with Crippen molar-refractivity contribution >= 4 is 11.6 Å². The van der Waals surface area contributed by atoms with Gasteiger partial charge in [0.05, 0.1) is 24.3 Å². The van der Waals surface area contributed by atoms with E-state index in [1.54, 1.807) is 0 Å². The quantitative estimate of drug-likeness (QED) is 0.901. The van der Waals surface area contributed by atoms with E-state index in [4.69, 9.17) is 21.1 Å². The van der Waals surface area contributed by atoms with Gasteiger partial charge in [0.2, 0.25) is 0 Å². The largest absolute Gasteiger partial charge is 0.492 e. The summed E-state index contributed by atoms with van der Waals surface area (Å²) in [4.78, 5) is 0. The van der Waals surface area contributed by atoms with Gasteiger partial charge in [-0.3, -0.25) is 0 Å². The van der Waals surface area contributed by atoms with Crippen molar-refractivity contribution in [2.45, 2.75) is 26.0 Å². The zero-order chi connectivity index (χ0) is 12.3. The van der Waals surface area contributed by atoms with Gasteiger partial charge in [-0.05, 0) is 31.5 Å². The SMILES string of the molecule is CCOc1ccc(C2OCCNC2C)cc1Cl. The smallest absolute Gasteiger partial charge is 0.137 e. The summed E-state index contributed by atoms with van der Waals surface area (Å²) in [6.07, 6.45) is 0.0666. The first kappa shape index (κ1) is 12.7. The van der Waals surface area contributed by atoms with Gasteiger partial charge in [-0.2, -0.15) is 0 Å². The topological polar surface area (TPSA) is 30.5 Å². The molecule has 0 bridgehead atoms. The van der Waals surface area contributed by atoms with Crippen LogP contribution in [0.4, 0.5) is 0 Å². The van der Waals surface area contributed by atoms with Gasteiger partial charge < -0.3 is 14.8 Å². The molecule has 1 fully saturated rings. The number of benzene rings is 1. The zero-order valence-corrected chi connectivity index (χ0v) is 11.0. The van der Waals surface area contributed by atoms with E-state index in [2.05, 4.69) is 12.2 Å². The third-order valence-electron chi connectivity index (χ3n) is 2.90. The van der Waals surface area contributed by atoms with E-state index < -0.39 is 0 Å². The highest BCUT2D eigenvalue weighted by Gasteiger charge is 2.23. The molecule has 0 aromatic heterocycles. The monoisotopic (exact) mass is 255 g/mol. The molecule has 1 aliphatic heterocycles. The van der Waals surface area contributed by atoms with Crippen LogP contribution in [-0.2, 0) is 4.74 Å². The molecule has 2 atom stereocenters. The number of rotatable bonds is 3. The summed E-state index contributed by atoms with van der Waals surface area (Å²) >= 11 is 6.17. The van der Waals surface area contributed by atoms with Crippen LogP contribution in [0.25, 0.3) is 0 Å². The summed E-state index contributed by atoms with van der Waals surface area (Å²) < 4.78 is 11.2. The Labute approximate surface area is 107 Å². The molecule has 1 N–H and O–H groups in total. The lowest BCUT2D eigenvalue weighted by atomic mass is 10.0. The summed E-state index contributed by atoms with van der Waals surface area (Å²) in [6, 6.07) is 6.16. The van der Waals surface area contributed by atoms with E-state index in [1.165, 1.54) is 0 Å². The number of morpholine rings is 1. The van der Waals surface area contributed by atoms with Crippen molar-refractivity contribution in [3.63, 3.8) is 0 Å². The minimum absolute atomic E-state index is 0.0666. The maximum absolute atomic E-state index is 6.17. The minimum atomic E-state index is 0.0666. The maximum atomic E-state index is 6.17. The fourth-order valence-electron chi connectivity index (χ4n) is 2.08. The predicted octanol–water partition coefficient (Wildman–Crippen LogP) is 2.79. The normalized spacial score (nSPS) is 24.6. The van der Waals surface area contributed by atoms with Crippen molar-refractivity contribution in [3.8, 4) is 5.75 Å². The highest BCUT2D eigenvalue weighted by molar-refractivity contribution is 6.32. The molecule has 1 aliphatic rings. The molecule has 17 heavy (non-hydrogen) atoms. The second-order valence-electron chi connectivity index (χ2n) is 4.16. The molecule has 1 aromatic carbocycles. The number of halogens is 1. The van der Waals surface area contributed by atoms with Crippen molar-refractivity contribution < 1.29 is 9.47 Å². The fraction of sp³-hybridized carbons (Fsp3) is 0.538. The average Bonchev–Trinajstić information content (AvgIpc) is 2.33. The lowest BCUT2D eigenvalue weighted by molar-refractivity contribution is -0.000243. The van der Waals surface area contributed by atoms with Gasteiger partial charge in [0.15, 0.2) is 0 Å². The molecule has 2 rings (SSSR count). The van der Waals surface area contributed by atoms with Crippen molar-refractivity contribution in [2.24, 2.45) is 0 Å². The molecule has 0 saturated carbocycles. The lowest BCUT2D eigenvalue weighted by Crippen LogP contribution is -2.41. The Balaban J connectivity index is 2.18. The summed E-state index contributed by atoms with van der Waals surface area (Å²) in [7, 11) is 0. The van der Waals surface area contributed by atoms with E-state index in [1.807, 2.05) is 25.1 Å². The van der Waals surface area contributed by atoms with Crippen LogP contribution in [0, 0.1) is 0 Å². The van der Waals surface area contributed by atoms with Crippen molar-refractivity contribution in [3.05, 3.63) is 28.8 Å². The summed E-state index contributed by atoms with van der Waals surface area (Å²) in [6.45, 7) is 6.33. The van der Waals surface area contributed by atoms with Gasteiger partial charge in [-0.25, -0.2) is 0 Å². The van der Waals surface area contributed by atoms with Gasteiger partial charge in [0.25, 0.3) is 0 Å². The third-order valence-corrected chi connectivity index (χ3v) is 3.20. The molecular weight excluding hydrogens is 238 g/mol. The molecular formula is C13H18ClNO2. The van der Waals surface area contributed by atoms with E-state index >= 15 is 0 Å². The summed E-state index contributed by atoms with van der Waals surface area (Å²) in [5.41, 5.74) is 1.10. The average molecular weight is 256 g/mol. The van der Waals surface area contributed by atoms with E-state index in [0.717, 1.165) is 24.5 Å². The molecule has 3 nitrogen and oxygen atoms in total. The highest BCUT2D eigenvalue weighted by Crippen LogP contribution is 2.31. The van der Waals surface area contributed by atoms with Crippen LogP contribution in [0.1, 0.15) is 25.5 Å². The molecule has 4 heteroatoms. The first-order valence-corrected chi connectivity index (χ1v) is 6.37. The minimum Gasteiger partial charge on any atom is -0.492 e. The van der Waals surface area contributed by atoms with Crippen molar-refractivity contribution in [1.82, 2.24) is 5.32 Å². The molecule has 1 aromatic rings. The van der Waals surface area contributed by atoms with Gasteiger partial charge in [0, 0.05) is 12.6 Å². The van der Waals surface area contributed by atoms with Crippen LogP contribution in [0.3, 0.4) is 0 Å². The fourth-order valence-corrected chi connectivity index (χ4v) is 2.32. The Morgan fingerprint density at radius 2 is 2.35 bits per heavy atom. The van der Waals surface area contributed by atoms with E-state index in [-0.39, 0.29) is 6.10 Å². The Kier molecular flexibility index (Phi) is 4.26. The van der Waals surface area contributed by atoms with Crippen LogP contribution < -0.4 is 10.1 Å². The molecule has 1 saturated heterocycles. The highest BCUT2D eigenvalue weighted by atomic mass is 35.5. The summed E-state index contributed by atoms with van der Waals surface area (Å²) in [5.74, 6) is 0.731. The second-order valence-corrected chi connectivity index (χ2v) is 4.56. The number of hydrogen-bond donors (Lipinski definition) is 1. The van der Waals surface area contributed by atoms with E-state index in [0.29, 0.717) is 17.7 Å². The zero-order valence-electron chi connectivity index (χ0n) is 10.2. The van der Waals surface area contributed by atoms with Crippen molar-refractivity contribution in [2.75, 3.05) is 19.8 Å². The Bertz CT molecular complexity index is 384. The Hall–Kier alpha value is -0.770. The predicted molar refractivity (Wildman–Crippen MR) is 68.8 cm³/mol. The molecule has 0 amide bonds. The molecule has 2 unspecified atom stereocenters. The van der Waals surface area contributed by atoms with Crippen LogP contribution in [0.2, 0.25) is 5.02 Å². The molecule has 94 valence electrons. The van der Waals surface area contributed by atoms with Gasteiger partial charge >= 0.3 is 0 Å². The first-order chi connectivity index (χ1) is 8.22. The molecule has 0 radical (unpaired) electrons. The second kappa shape index (κ2) is 5.71. The van der Waals surface area contributed by atoms with Crippen LogP contribution in [-0.4, -0.2) is 25.8 Å². The van der Waals surface area contributed by atoms with Crippen LogP contribution >= 0.6 is 11.6 Å². The van der Waals surface area contributed by atoms with Crippen molar-refractivity contribution in [1.29, 1.82) is 0 Å². The molecule has 1 heterocycles. The van der Waals surface area contributed by atoms with Crippen LogP contribution in [0.5, 0.6) is 5.75 Å². The lowest BCUT2D eigenvalue weighted by Gasteiger charge is -2.30. The standard InChI is InChI=1S/C13H18ClNO2/c1-3-16-12-5-4-10(8-11(12)14)13-9(2)15-6-7-17-13/h4-5,8-9,13,15H,3,6-7H2,1-2H3. The van der Waals surface area contributed by atoms with Gasteiger partial charge in [0.1, 0.15) is 5.75 Å². The van der Waals surface area contributed by atoms with E-state index in [9.17, 15) is 0 Å². The maximum Gasteiger partial charge on any atom is 0.137 e.